The largest absolute Gasteiger partial charge is 0.472 e. The van der Waals surface area contributed by atoms with Crippen LogP contribution in [0.4, 0.5) is 0 Å². The number of fused-ring (bicyclic) bond motifs is 1. The van der Waals surface area contributed by atoms with Crippen LogP contribution in [0.15, 0.2) is 35.1 Å². The first-order valence-electron chi connectivity index (χ1n) is 4.46. The molecule has 0 saturated heterocycles. The lowest BCUT2D eigenvalue weighted by atomic mass is 10.2. The Morgan fingerprint density at radius 3 is 2.85 bits per heavy atom. The minimum Gasteiger partial charge on any atom is -0.472 e. The Labute approximate surface area is 77.2 Å². The van der Waals surface area contributed by atoms with E-state index in [4.69, 9.17) is 9.52 Å². The molecule has 1 aliphatic heterocycles. The molecule has 0 aromatic carbocycles. The maximum atomic E-state index is 8.68. The third-order valence-corrected chi connectivity index (χ3v) is 2.16. The number of hydrogen-bond acceptors (Lipinski definition) is 2. The van der Waals surface area contributed by atoms with Gasteiger partial charge in [-0.25, -0.2) is 0 Å². The molecule has 0 aromatic heterocycles. The van der Waals surface area contributed by atoms with Gasteiger partial charge >= 0.3 is 0 Å². The number of aliphatic hydroxyl groups excluding tert-OH is 1. The van der Waals surface area contributed by atoms with E-state index in [1.165, 1.54) is 11.1 Å². The van der Waals surface area contributed by atoms with Crippen LogP contribution in [0, 0.1) is 0 Å². The average Bonchev–Trinajstić information content (AvgIpc) is 2.57. The Kier molecular flexibility index (Phi) is 2.32. The number of aliphatic hydroxyl groups is 1. The van der Waals surface area contributed by atoms with Gasteiger partial charge in [0, 0.05) is 12.2 Å². The van der Waals surface area contributed by atoms with Crippen LogP contribution < -0.4 is 0 Å². The summed E-state index contributed by atoms with van der Waals surface area (Å²) in [6.07, 6.45) is 5.19. The lowest BCUT2D eigenvalue weighted by molar-refractivity contribution is 0.288. The van der Waals surface area contributed by atoms with Gasteiger partial charge < -0.3 is 9.52 Å². The molecule has 1 heterocycles. The van der Waals surface area contributed by atoms with E-state index >= 15 is 0 Å². The molecule has 0 aromatic rings. The van der Waals surface area contributed by atoms with Gasteiger partial charge in [-0.1, -0.05) is 6.07 Å². The fourth-order valence-electron chi connectivity index (χ4n) is 1.51. The average molecular weight is 176 g/mol. The van der Waals surface area contributed by atoms with E-state index in [0.29, 0.717) is 0 Å². The minimum absolute atomic E-state index is 0.256. The summed E-state index contributed by atoms with van der Waals surface area (Å²) in [7, 11) is 0. The highest BCUT2D eigenvalue weighted by atomic mass is 16.3. The van der Waals surface area contributed by atoms with Gasteiger partial charge in [-0.05, 0) is 36.1 Å². The van der Waals surface area contributed by atoms with E-state index in [2.05, 4.69) is 12.1 Å². The molecule has 0 saturated carbocycles. The molecular weight excluding hydrogens is 164 g/mol. The second kappa shape index (κ2) is 3.62. The predicted octanol–water partition coefficient (Wildman–Crippen LogP) is 2.31. The molecule has 0 unspecified atom stereocenters. The zero-order valence-electron chi connectivity index (χ0n) is 7.36. The van der Waals surface area contributed by atoms with Crippen LogP contribution in [0.2, 0.25) is 0 Å². The maximum Gasteiger partial charge on any atom is 0.0979 e. The lowest BCUT2D eigenvalue weighted by Gasteiger charge is -1.91. The lowest BCUT2D eigenvalue weighted by Crippen LogP contribution is -1.85. The van der Waals surface area contributed by atoms with E-state index in [1.54, 1.807) is 12.5 Å². The number of hydrogen-bond donors (Lipinski definition) is 1. The summed E-state index contributed by atoms with van der Waals surface area (Å²) < 4.78 is 5.06. The molecule has 2 rings (SSSR count). The third kappa shape index (κ3) is 1.73. The van der Waals surface area contributed by atoms with Gasteiger partial charge in [-0.15, -0.1) is 0 Å². The molecule has 68 valence electrons. The first kappa shape index (κ1) is 8.32. The van der Waals surface area contributed by atoms with E-state index in [-0.39, 0.29) is 6.61 Å². The smallest absolute Gasteiger partial charge is 0.0979 e. The van der Waals surface area contributed by atoms with Gasteiger partial charge in [0.1, 0.15) is 0 Å². The van der Waals surface area contributed by atoms with Crippen LogP contribution in [0.5, 0.6) is 0 Å². The van der Waals surface area contributed by atoms with E-state index in [9.17, 15) is 0 Å². The molecule has 2 aliphatic rings. The van der Waals surface area contributed by atoms with Crippen LogP contribution in [-0.2, 0) is 6.42 Å². The number of aryl methyl sites for hydroxylation is 1. The highest BCUT2D eigenvalue weighted by molar-refractivity contribution is 5.66. The fourth-order valence-corrected chi connectivity index (χ4v) is 1.51. The minimum atomic E-state index is 0.256. The summed E-state index contributed by atoms with van der Waals surface area (Å²) in [6, 6.07) is 6.20. The van der Waals surface area contributed by atoms with Gasteiger partial charge in [0.05, 0.1) is 12.5 Å². The van der Waals surface area contributed by atoms with Crippen LogP contribution in [-0.4, -0.2) is 11.7 Å². The summed E-state index contributed by atoms with van der Waals surface area (Å²) >= 11 is 0. The summed E-state index contributed by atoms with van der Waals surface area (Å²) in [5, 5.41) is 8.68. The summed E-state index contributed by atoms with van der Waals surface area (Å²) in [6.45, 7) is 0.256. The predicted molar refractivity (Wildman–Crippen MR) is 50.7 cm³/mol. The maximum absolute atomic E-state index is 8.68. The zero-order chi connectivity index (χ0) is 9.10. The molecule has 2 nitrogen and oxygen atoms in total. The van der Waals surface area contributed by atoms with Gasteiger partial charge in [-0.3, -0.25) is 0 Å². The third-order valence-electron chi connectivity index (χ3n) is 2.16. The van der Waals surface area contributed by atoms with Crippen LogP contribution in [0.25, 0.3) is 11.1 Å². The van der Waals surface area contributed by atoms with Gasteiger partial charge in [0.2, 0.25) is 0 Å². The molecule has 0 fully saturated rings. The summed E-state index contributed by atoms with van der Waals surface area (Å²) in [4.78, 5) is 0. The molecule has 1 aliphatic carbocycles. The normalized spacial score (nSPS) is 10.8. The Bertz CT molecular complexity index is 321. The first-order valence-corrected chi connectivity index (χ1v) is 4.46. The molecule has 0 atom stereocenters. The summed E-state index contributed by atoms with van der Waals surface area (Å²) in [5.74, 6) is 0. The van der Waals surface area contributed by atoms with Crippen molar-refractivity contribution in [3.63, 3.8) is 0 Å². The van der Waals surface area contributed by atoms with Gasteiger partial charge in [0.25, 0.3) is 0 Å². The van der Waals surface area contributed by atoms with Crippen molar-refractivity contribution in [1.29, 1.82) is 0 Å². The van der Waals surface area contributed by atoms with Crippen molar-refractivity contribution in [2.24, 2.45) is 0 Å². The first-order chi connectivity index (χ1) is 6.40. The molecule has 0 spiro atoms. The van der Waals surface area contributed by atoms with E-state index in [1.807, 2.05) is 6.07 Å². The monoisotopic (exact) mass is 176 g/mol. The van der Waals surface area contributed by atoms with Crippen LogP contribution >= 0.6 is 0 Å². The van der Waals surface area contributed by atoms with Gasteiger partial charge in [-0.2, -0.15) is 0 Å². The fraction of sp³-hybridized carbons (Fsp3) is 0.273. The highest BCUT2D eigenvalue weighted by Gasteiger charge is 2.05. The van der Waals surface area contributed by atoms with E-state index < -0.39 is 0 Å². The topological polar surface area (TPSA) is 33.4 Å². The Hall–Kier alpha value is -1.28. The van der Waals surface area contributed by atoms with Crippen molar-refractivity contribution < 1.29 is 9.52 Å². The number of rotatable bonds is 3. The molecular formula is C11H12O2. The molecule has 0 amide bonds. The van der Waals surface area contributed by atoms with Crippen molar-refractivity contribution in [2.75, 3.05) is 6.61 Å². The van der Waals surface area contributed by atoms with E-state index in [0.717, 1.165) is 18.4 Å². The highest BCUT2D eigenvalue weighted by Crippen LogP contribution is 2.25. The van der Waals surface area contributed by atoms with Gasteiger partial charge in [0.15, 0.2) is 0 Å². The summed E-state index contributed by atoms with van der Waals surface area (Å²) in [5.41, 5.74) is 3.61. The standard InChI is InChI=1S/C11H12O2/c12-4-1-2-9-6-10-3-5-13-8-11(10)7-9/h3,5-8,12H,1-2,4H2. The Balaban J connectivity index is 2.24. The molecule has 0 bridgehead atoms. The Morgan fingerprint density at radius 2 is 2.08 bits per heavy atom. The second-order valence-corrected chi connectivity index (χ2v) is 3.16. The molecule has 13 heavy (non-hydrogen) atoms. The zero-order valence-corrected chi connectivity index (χ0v) is 7.36. The van der Waals surface area contributed by atoms with Crippen LogP contribution in [0.1, 0.15) is 12.0 Å². The van der Waals surface area contributed by atoms with Crippen molar-refractivity contribution in [2.45, 2.75) is 12.8 Å². The quantitative estimate of drug-likeness (QED) is 0.778. The molecule has 0 radical (unpaired) electrons. The van der Waals surface area contributed by atoms with Crippen molar-refractivity contribution >= 4 is 0 Å². The van der Waals surface area contributed by atoms with Crippen molar-refractivity contribution in [3.05, 3.63) is 36.3 Å². The van der Waals surface area contributed by atoms with Crippen molar-refractivity contribution in [3.8, 4) is 11.1 Å². The Morgan fingerprint density at radius 1 is 1.23 bits per heavy atom. The SMILES string of the molecule is OCCCc1cc2ccocc-2c1. The second-order valence-electron chi connectivity index (χ2n) is 3.16. The van der Waals surface area contributed by atoms with Crippen molar-refractivity contribution in [1.82, 2.24) is 0 Å². The molecule has 1 N–H and O–H groups in total. The van der Waals surface area contributed by atoms with Crippen LogP contribution in [0.3, 0.4) is 0 Å². The molecule has 2 heteroatoms.